The number of hydrogen-bond donors (Lipinski definition) is 2. The number of pyridine rings is 1. The number of nitrogens with zero attached hydrogens (tertiary/aromatic N) is 2. The molecule has 0 atom stereocenters. The molecule has 1 aromatic heterocycles. The van der Waals surface area contributed by atoms with Gasteiger partial charge in [0.15, 0.2) is 0 Å². The van der Waals surface area contributed by atoms with Crippen LogP contribution in [-0.2, 0) is 0 Å². The summed E-state index contributed by atoms with van der Waals surface area (Å²) >= 11 is 0. The maximum atomic E-state index is 8.87. The lowest BCUT2D eigenvalue weighted by molar-refractivity contribution is 0.317. The van der Waals surface area contributed by atoms with E-state index in [2.05, 4.69) is 10.1 Å². The van der Waals surface area contributed by atoms with Gasteiger partial charge in [-0.3, -0.25) is 4.98 Å². The van der Waals surface area contributed by atoms with E-state index in [1.54, 1.807) is 12.4 Å². The Morgan fingerprint density at radius 1 is 1.38 bits per heavy atom. The Morgan fingerprint density at radius 3 is 2.75 bits per heavy atom. The van der Waals surface area contributed by atoms with E-state index in [4.69, 9.17) is 10.9 Å². The lowest BCUT2D eigenvalue weighted by Crippen LogP contribution is -2.03. The molecule has 0 spiro atoms. The third kappa shape index (κ3) is 5.09. The summed E-state index contributed by atoms with van der Waals surface area (Å²) in [5, 5.41) is 12.2. The van der Waals surface area contributed by atoms with Crippen LogP contribution in [0.4, 0.5) is 0 Å². The Hall–Kier alpha value is -1.13. The van der Waals surface area contributed by atoms with Crippen LogP contribution in [-0.4, -0.2) is 22.4 Å². The van der Waals surface area contributed by atoms with Gasteiger partial charge in [-0.2, -0.15) is 0 Å². The highest BCUT2D eigenvalue weighted by Crippen LogP contribution is 2.07. The van der Waals surface area contributed by atoms with Gasteiger partial charge < -0.3 is 10.9 Å². The van der Waals surface area contributed by atoms with Crippen LogP contribution in [0.25, 0.3) is 0 Å². The van der Waals surface area contributed by atoms with Crippen LogP contribution in [0.15, 0.2) is 29.7 Å². The highest BCUT2D eigenvalue weighted by molar-refractivity contribution is 5.99. The summed E-state index contributed by atoms with van der Waals surface area (Å²) in [4.78, 5) is 3.99. The Bertz CT molecular complexity index is 303. The Morgan fingerprint density at radius 2 is 2.19 bits per heavy atom. The van der Waals surface area contributed by atoms with Gasteiger partial charge in [-0.05, 0) is 37.9 Å². The molecule has 1 heterocycles. The Kier molecular flexibility index (Phi) is 8.48. The third-order valence-corrected chi connectivity index (χ3v) is 2.23. The molecule has 4 nitrogen and oxygen atoms in total. The first-order valence-corrected chi connectivity index (χ1v) is 5.20. The average Bonchev–Trinajstić information content (AvgIpc) is 2.30. The smallest absolute Gasteiger partial charge is 0.0883 e. The fraction of sp³-hybridized carbons (Fsp3) is 0.455. The zero-order valence-electron chi connectivity index (χ0n) is 9.17. The zero-order valence-corrected chi connectivity index (χ0v) is 9.99. The molecular weight excluding hydrogens is 226 g/mol. The standard InChI is InChI=1S/C11H17N3O.ClH/c12-7-3-1-2-6-11(14-15)10-5-4-8-13-9-10;/h4-5,8-9,15H,1-3,6-7,12H2;1H/b14-11-;. The lowest BCUT2D eigenvalue weighted by atomic mass is 10.1. The van der Waals surface area contributed by atoms with Crippen LogP contribution in [0.3, 0.4) is 0 Å². The second-order valence-electron chi connectivity index (χ2n) is 3.39. The zero-order chi connectivity index (χ0) is 10.9. The van der Waals surface area contributed by atoms with Crippen LogP contribution in [0, 0.1) is 0 Å². The molecule has 90 valence electrons. The number of oxime groups is 1. The van der Waals surface area contributed by atoms with Gasteiger partial charge in [0.1, 0.15) is 0 Å². The number of rotatable bonds is 6. The monoisotopic (exact) mass is 243 g/mol. The van der Waals surface area contributed by atoms with Crippen molar-refractivity contribution in [3.63, 3.8) is 0 Å². The molecule has 1 rings (SSSR count). The molecule has 0 fully saturated rings. The van der Waals surface area contributed by atoms with E-state index in [0.717, 1.165) is 37.8 Å². The quantitative estimate of drug-likeness (QED) is 0.348. The van der Waals surface area contributed by atoms with Gasteiger partial charge in [-0.1, -0.05) is 11.6 Å². The predicted octanol–water partition coefficient (Wildman–Crippen LogP) is 2.20. The van der Waals surface area contributed by atoms with Crippen molar-refractivity contribution in [1.29, 1.82) is 0 Å². The molecule has 0 aliphatic carbocycles. The molecule has 0 saturated carbocycles. The molecule has 1 aromatic rings. The fourth-order valence-corrected chi connectivity index (χ4v) is 1.40. The Labute approximate surface area is 102 Å². The number of nitrogens with two attached hydrogens (primary N) is 1. The summed E-state index contributed by atoms with van der Waals surface area (Å²) in [6.45, 7) is 0.721. The molecule has 0 unspecified atom stereocenters. The van der Waals surface area contributed by atoms with Crippen molar-refractivity contribution < 1.29 is 5.21 Å². The van der Waals surface area contributed by atoms with Crippen LogP contribution in [0.1, 0.15) is 31.2 Å². The van der Waals surface area contributed by atoms with Gasteiger partial charge in [-0.15, -0.1) is 12.4 Å². The Balaban J connectivity index is 0.00000225. The highest BCUT2D eigenvalue weighted by Gasteiger charge is 2.03. The summed E-state index contributed by atoms with van der Waals surface area (Å²) < 4.78 is 0. The molecule has 3 N–H and O–H groups in total. The van der Waals surface area contributed by atoms with E-state index in [1.165, 1.54) is 0 Å². The van der Waals surface area contributed by atoms with Crippen molar-refractivity contribution in [1.82, 2.24) is 4.98 Å². The molecule has 16 heavy (non-hydrogen) atoms. The maximum absolute atomic E-state index is 8.87. The topological polar surface area (TPSA) is 71.5 Å². The van der Waals surface area contributed by atoms with Crippen molar-refractivity contribution in [3.05, 3.63) is 30.1 Å². The molecule has 0 aliphatic heterocycles. The summed E-state index contributed by atoms with van der Waals surface area (Å²) in [7, 11) is 0. The second kappa shape index (κ2) is 9.12. The second-order valence-corrected chi connectivity index (χ2v) is 3.39. The summed E-state index contributed by atoms with van der Waals surface area (Å²) in [5.74, 6) is 0. The lowest BCUT2D eigenvalue weighted by Gasteiger charge is -2.03. The summed E-state index contributed by atoms with van der Waals surface area (Å²) in [6.07, 6.45) is 7.25. The van der Waals surface area contributed by atoms with Gasteiger partial charge >= 0.3 is 0 Å². The minimum Gasteiger partial charge on any atom is -0.411 e. The van der Waals surface area contributed by atoms with Crippen LogP contribution < -0.4 is 5.73 Å². The largest absolute Gasteiger partial charge is 0.411 e. The number of hydrogen-bond acceptors (Lipinski definition) is 4. The van der Waals surface area contributed by atoms with E-state index in [0.29, 0.717) is 5.71 Å². The van der Waals surface area contributed by atoms with E-state index in [1.807, 2.05) is 12.1 Å². The number of halogens is 1. The summed E-state index contributed by atoms with van der Waals surface area (Å²) in [6, 6.07) is 3.73. The molecule has 0 saturated heterocycles. The van der Waals surface area contributed by atoms with Crippen molar-refractivity contribution in [3.8, 4) is 0 Å². The minimum atomic E-state index is 0. The molecule has 0 amide bonds. The highest BCUT2D eigenvalue weighted by atomic mass is 35.5. The third-order valence-electron chi connectivity index (χ3n) is 2.23. The molecule has 0 radical (unpaired) electrons. The van der Waals surface area contributed by atoms with Crippen LogP contribution in [0.2, 0.25) is 0 Å². The maximum Gasteiger partial charge on any atom is 0.0883 e. The molecule has 0 aliphatic rings. The molecule has 0 aromatic carbocycles. The van der Waals surface area contributed by atoms with Crippen molar-refractivity contribution in [2.75, 3.05) is 6.54 Å². The van der Waals surface area contributed by atoms with E-state index in [-0.39, 0.29) is 12.4 Å². The minimum absolute atomic E-state index is 0. The van der Waals surface area contributed by atoms with Gasteiger partial charge in [0.05, 0.1) is 5.71 Å². The molecule has 0 bridgehead atoms. The first kappa shape index (κ1) is 14.9. The SMILES string of the molecule is Cl.NCCCCC/C(=N/O)c1cccnc1. The van der Waals surface area contributed by atoms with Gasteiger partial charge in [0.25, 0.3) is 0 Å². The van der Waals surface area contributed by atoms with E-state index < -0.39 is 0 Å². The van der Waals surface area contributed by atoms with Crippen molar-refractivity contribution >= 4 is 18.1 Å². The van der Waals surface area contributed by atoms with Crippen LogP contribution >= 0.6 is 12.4 Å². The van der Waals surface area contributed by atoms with E-state index >= 15 is 0 Å². The first-order chi connectivity index (χ1) is 7.38. The van der Waals surface area contributed by atoms with Crippen molar-refractivity contribution in [2.45, 2.75) is 25.7 Å². The summed E-state index contributed by atoms with van der Waals surface area (Å²) in [5.41, 5.74) is 6.98. The first-order valence-electron chi connectivity index (χ1n) is 5.20. The van der Waals surface area contributed by atoms with Gasteiger partial charge in [0.2, 0.25) is 0 Å². The average molecular weight is 244 g/mol. The molecule has 5 heteroatoms. The van der Waals surface area contributed by atoms with Gasteiger partial charge in [0, 0.05) is 18.0 Å². The normalized spacial score (nSPS) is 10.9. The molecular formula is C11H18ClN3O. The van der Waals surface area contributed by atoms with Crippen molar-refractivity contribution in [2.24, 2.45) is 10.9 Å². The van der Waals surface area contributed by atoms with Crippen LogP contribution in [0.5, 0.6) is 0 Å². The number of aromatic nitrogens is 1. The fourth-order valence-electron chi connectivity index (χ4n) is 1.40. The van der Waals surface area contributed by atoms with Gasteiger partial charge in [-0.25, -0.2) is 0 Å². The number of unbranched alkanes of at least 4 members (excludes halogenated alkanes) is 2. The predicted molar refractivity (Wildman–Crippen MR) is 67.3 cm³/mol. The van der Waals surface area contributed by atoms with E-state index in [9.17, 15) is 0 Å².